The number of aliphatic hydroxyl groups is 1. The third kappa shape index (κ3) is 4.29. The number of Topliss-reactive ketones (excluding diaryl/α,β-unsaturated/α-hetero) is 1. The second-order valence-electron chi connectivity index (χ2n) is 8.19. The molecular weight excluding hydrogens is 418 g/mol. The number of hydrogen-bond acceptors (Lipinski definition) is 5. The van der Waals surface area contributed by atoms with Crippen molar-refractivity contribution in [1.29, 1.82) is 0 Å². The highest BCUT2D eigenvalue weighted by Gasteiger charge is 2.46. The van der Waals surface area contributed by atoms with Gasteiger partial charge in [-0.1, -0.05) is 31.2 Å². The molecule has 1 aliphatic heterocycles. The molecule has 1 N–H and O–H groups in total. The topological polar surface area (TPSA) is 80.0 Å². The van der Waals surface area contributed by atoms with Crippen molar-refractivity contribution in [3.63, 3.8) is 0 Å². The number of carbonyl (C=O) groups is 2. The highest BCUT2D eigenvalue weighted by Crippen LogP contribution is 2.41. The fraction of sp³-hybridized carbons (Fsp3) is 0.259. The van der Waals surface area contributed by atoms with Gasteiger partial charge in [0, 0.05) is 5.56 Å². The number of aliphatic hydroxyl groups excluding tert-OH is 1. The highest BCUT2D eigenvalue weighted by atomic mass is 16.5. The zero-order valence-electron chi connectivity index (χ0n) is 19.0. The van der Waals surface area contributed by atoms with Crippen LogP contribution in [-0.2, 0) is 16.1 Å². The van der Waals surface area contributed by atoms with Gasteiger partial charge in [0.2, 0.25) is 0 Å². The van der Waals surface area contributed by atoms with Gasteiger partial charge < -0.3 is 19.2 Å². The van der Waals surface area contributed by atoms with Crippen LogP contribution in [0.4, 0.5) is 0 Å². The molecule has 0 radical (unpaired) electrons. The van der Waals surface area contributed by atoms with Crippen LogP contribution in [0.25, 0.3) is 5.76 Å². The van der Waals surface area contributed by atoms with Crippen molar-refractivity contribution in [2.45, 2.75) is 39.8 Å². The summed E-state index contributed by atoms with van der Waals surface area (Å²) < 4.78 is 11.2. The van der Waals surface area contributed by atoms with Crippen molar-refractivity contribution in [2.24, 2.45) is 0 Å². The van der Waals surface area contributed by atoms with Crippen LogP contribution < -0.4 is 4.74 Å². The van der Waals surface area contributed by atoms with Crippen molar-refractivity contribution in [2.75, 3.05) is 6.61 Å². The van der Waals surface area contributed by atoms with Crippen LogP contribution in [0.3, 0.4) is 0 Å². The molecule has 0 spiro atoms. The number of ether oxygens (including phenoxy) is 1. The van der Waals surface area contributed by atoms with Crippen molar-refractivity contribution in [1.82, 2.24) is 4.90 Å². The lowest BCUT2D eigenvalue weighted by atomic mass is 9.92. The van der Waals surface area contributed by atoms with E-state index in [0.29, 0.717) is 17.9 Å². The van der Waals surface area contributed by atoms with E-state index in [1.807, 2.05) is 45.0 Å². The summed E-state index contributed by atoms with van der Waals surface area (Å²) in [6.07, 6.45) is 2.41. The Hall–Kier alpha value is -3.80. The number of nitrogens with zero attached hydrogens (tertiary/aromatic N) is 1. The fourth-order valence-electron chi connectivity index (χ4n) is 4.16. The molecule has 33 heavy (non-hydrogen) atoms. The van der Waals surface area contributed by atoms with Gasteiger partial charge in [-0.15, -0.1) is 0 Å². The maximum atomic E-state index is 13.2. The molecular formula is C27H27NO5. The first kappa shape index (κ1) is 22.4. The van der Waals surface area contributed by atoms with E-state index >= 15 is 0 Å². The quantitative estimate of drug-likeness (QED) is 0.303. The average Bonchev–Trinajstić information content (AvgIpc) is 3.41. The van der Waals surface area contributed by atoms with Crippen molar-refractivity contribution in [3.8, 4) is 5.75 Å². The van der Waals surface area contributed by atoms with Crippen molar-refractivity contribution in [3.05, 3.63) is 94.4 Å². The van der Waals surface area contributed by atoms with E-state index in [1.165, 1.54) is 11.2 Å². The monoisotopic (exact) mass is 445 g/mol. The Balaban J connectivity index is 1.83. The summed E-state index contributed by atoms with van der Waals surface area (Å²) in [4.78, 5) is 27.7. The Labute approximate surface area is 193 Å². The Morgan fingerprint density at radius 1 is 1.06 bits per heavy atom. The minimum absolute atomic E-state index is 0.0717. The summed E-state index contributed by atoms with van der Waals surface area (Å²) in [6, 6.07) is 15.6. The third-order valence-electron chi connectivity index (χ3n) is 5.84. The van der Waals surface area contributed by atoms with Gasteiger partial charge in [0.1, 0.15) is 17.3 Å². The number of amides is 1. The van der Waals surface area contributed by atoms with Crippen molar-refractivity contribution < 1.29 is 23.8 Å². The number of hydrogen-bond donors (Lipinski definition) is 1. The first-order valence-corrected chi connectivity index (χ1v) is 11.0. The van der Waals surface area contributed by atoms with E-state index in [0.717, 1.165) is 28.9 Å². The molecule has 1 amide bonds. The second kappa shape index (κ2) is 9.36. The van der Waals surface area contributed by atoms with Crippen LogP contribution in [0.1, 0.15) is 47.4 Å². The van der Waals surface area contributed by atoms with Crippen LogP contribution in [0.15, 0.2) is 70.9 Å². The average molecular weight is 446 g/mol. The van der Waals surface area contributed by atoms with E-state index in [1.54, 1.807) is 30.3 Å². The predicted octanol–water partition coefficient (Wildman–Crippen LogP) is 5.31. The smallest absolute Gasteiger partial charge is 0.296 e. The minimum Gasteiger partial charge on any atom is -0.507 e. The van der Waals surface area contributed by atoms with E-state index in [4.69, 9.17) is 9.15 Å². The van der Waals surface area contributed by atoms with Gasteiger partial charge in [0.15, 0.2) is 0 Å². The molecule has 2 heterocycles. The SMILES string of the molecule is CCCOc1ccc(/C(O)=C2\C(=O)C(=O)N(Cc3ccco3)C2c2ccccc2C)cc1C. The molecule has 1 saturated heterocycles. The van der Waals surface area contributed by atoms with Gasteiger partial charge in [-0.25, -0.2) is 0 Å². The summed E-state index contributed by atoms with van der Waals surface area (Å²) >= 11 is 0. The normalized spacial score (nSPS) is 17.5. The molecule has 3 aromatic rings. The van der Waals surface area contributed by atoms with Gasteiger partial charge >= 0.3 is 0 Å². The maximum absolute atomic E-state index is 13.2. The second-order valence-corrected chi connectivity index (χ2v) is 8.19. The first-order valence-electron chi connectivity index (χ1n) is 11.0. The molecule has 0 bridgehead atoms. The molecule has 2 aromatic carbocycles. The Bertz CT molecular complexity index is 1210. The molecule has 1 aliphatic rings. The first-order chi connectivity index (χ1) is 15.9. The van der Waals surface area contributed by atoms with E-state index in [9.17, 15) is 14.7 Å². The predicted molar refractivity (Wildman–Crippen MR) is 125 cm³/mol. The Morgan fingerprint density at radius 3 is 2.52 bits per heavy atom. The number of benzene rings is 2. The lowest BCUT2D eigenvalue weighted by molar-refractivity contribution is -0.140. The zero-order valence-corrected chi connectivity index (χ0v) is 19.0. The fourth-order valence-corrected chi connectivity index (χ4v) is 4.16. The largest absolute Gasteiger partial charge is 0.507 e. The lowest BCUT2D eigenvalue weighted by Crippen LogP contribution is -2.29. The van der Waals surface area contributed by atoms with Gasteiger partial charge in [-0.3, -0.25) is 9.59 Å². The molecule has 1 atom stereocenters. The molecule has 170 valence electrons. The minimum atomic E-state index is -0.729. The summed E-state index contributed by atoms with van der Waals surface area (Å²) in [5.41, 5.74) is 3.07. The van der Waals surface area contributed by atoms with E-state index in [2.05, 4.69) is 0 Å². The van der Waals surface area contributed by atoms with Gasteiger partial charge in [0.25, 0.3) is 11.7 Å². The molecule has 0 aliphatic carbocycles. The van der Waals surface area contributed by atoms with Gasteiger partial charge in [-0.05, 0) is 67.3 Å². The van der Waals surface area contributed by atoms with E-state index < -0.39 is 17.7 Å². The van der Waals surface area contributed by atoms with Crippen LogP contribution in [-0.4, -0.2) is 28.3 Å². The number of carbonyl (C=O) groups excluding carboxylic acids is 2. The molecule has 0 saturated carbocycles. The molecule has 1 fully saturated rings. The summed E-state index contributed by atoms with van der Waals surface area (Å²) in [5, 5.41) is 11.3. The Kier molecular flexibility index (Phi) is 6.36. The summed E-state index contributed by atoms with van der Waals surface area (Å²) in [5.74, 6) is -0.295. The molecule has 6 nitrogen and oxygen atoms in total. The molecule has 4 rings (SSSR count). The van der Waals surface area contributed by atoms with E-state index in [-0.39, 0.29) is 17.9 Å². The number of aryl methyl sites for hydroxylation is 2. The number of ketones is 1. The lowest BCUT2D eigenvalue weighted by Gasteiger charge is -2.25. The number of likely N-dealkylation sites (tertiary alicyclic amines) is 1. The van der Waals surface area contributed by atoms with Crippen molar-refractivity contribution >= 4 is 17.4 Å². The molecule has 1 aromatic heterocycles. The molecule has 6 heteroatoms. The zero-order chi connectivity index (χ0) is 23.5. The standard InChI is InChI=1S/C27H27NO5/c1-4-13-33-22-12-11-19(15-18(22)3)25(29)23-24(21-10-6-5-8-17(21)2)28(27(31)26(23)30)16-20-9-7-14-32-20/h5-12,14-15,24,29H,4,13,16H2,1-3H3/b25-23+. The van der Waals surface area contributed by atoms with Crippen LogP contribution in [0.5, 0.6) is 5.75 Å². The maximum Gasteiger partial charge on any atom is 0.296 e. The summed E-state index contributed by atoms with van der Waals surface area (Å²) in [6.45, 7) is 6.55. The van der Waals surface area contributed by atoms with Crippen LogP contribution in [0, 0.1) is 13.8 Å². The third-order valence-corrected chi connectivity index (χ3v) is 5.84. The van der Waals surface area contributed by atoms with Gasteiger partial charge in [0.05, 0.1) is 31.0 Å². The number of rotatable bonds is 7. The van der Waals surface area contributed by atoms with Crippen LogP contribution >= 0.6 is 0 Å². The summed E-state index contributed by atoms with van der Waals surface area (Å²) in [7, 11) is 0. The highest BCUT2D eigenvalue weighted by molar-refractivity contribution is 6.46. The number of furan rings is 1. The van der Waals surface area contributed by atoms with Crippen LogP contribution in [0.2, 0.25) is 0 Å². The van der Waals surface area contributed by atoms with Gasteiger partial charge in [-0.2, -0.15) is 0 Å². The molecule has 1 unspecified atom stereocenters. The Morgan fingerprint density at radius 2 is 1.85 bits per heavy atom.